The van der Waals surface area contributed by atoms with E-state index in [0.717, 1.165) is 19.5 Å². The van der Waals surface area contributed by atoms with E-state index in [2.05, 4.69) is 21.4 Å². The Morgan fingerprint density at radius 1 is 1.41 bits per heavy atom. The molecule has 0 N–H and O–H groups in total. The van der Waals surface area contributed by atoms with E-state index >= 15 is 0 Å². The van der Waals surface area contributed by atoms with Crippen molar-refractivity contribution in [2.45, 2.75) is 25.9 Å². The van der Waals surface area contributed by atoms with E-state index < -0.39 is 0 Å². The number of likely N-dealkylation sites (tertiary alicyclic amines) is 1. The van der Waals surface area contributed by atoms with E-state index in [-0.39, 0.29) is 5.82 Å². The van der Waals surface area contributed by atoms with Crippen molar-refractivity contribution in [1.82, 2.24) is 14.5 Å². The Morgan fingerprint density at radius 2 is 2.27 bits per heavy atom. The van der Waals surface area contributed by atoms with Crippen molar-refractivity contribution in [3.8, 4) is 5.75 Å². The van der Waals surface area contributed by atoms with Crippen LogP contribution in [0.1, 0.15) is 24.9 Å². The number of methoxy groups -OCH3 is 1. The molecule has 0 amide bonds. The first kappa shape index (κ1) is 15.0. The van der Waals surface area contributed by atoms with Crippen molar-refractivity contribution in [3.63, 3.8) is 0 Å². The van der Waals surface area contributed by atoms with E-state index in [4.69, 9.17) is 4.74 Å². The highest BCUT2D eigenvalue weighted by atomic mass is 19.1. The molecule has 2 heterocycles. The first-order valence-electron chi connectivity index (χ1n) is 7.70. The van der Waals surface area contributed by atoms with Gasteiger partial charge in [-0.05, 0) is 24.9 Å². The summed E-state index contributed by atoms with van der Waals surface area (Å²) in [4.78, 5) is 6.45. The Labute approximate surface area is 130 Å². The molecule has 2 aromatic rings. The smallest absolute Gasteiger partial charge is 0.169 e. The number of hydrogen-bond donors (Lipinski definition) is 0. The number of nitrogens with zero attached hydrogens (tertiary/aromatic N) is 3. The molecule has 1 fully saturated rings. The van der Waals surface area contributed by atoms with Gasteiger partial charge < -0.3 is 9.30 Å². The quantitative estimate of drug-likeness (QED) is 0.869. The zero-order valence-corrected chi connectivity index (χ0v) is 13.1. The lowest BCUT2D eigenvalue weighted by molar-refractivity contribution is 0.125. The predicted octanol–water partition coefficient (Wildman–Crippen LogP) is 3.11. The highest BCUT2D eigenvalue weighted by Crippen LogP contribution is 2.29. The minimum absolute atomic E-state index is 0.247. The zero-order valence-electron chi connectivity index (χ0n) is 13.1. The first-order chi connectivity index (χ1) is 10.7. The number of hydrogen-bond acceptors (Lipinski definition) is 3. The second-order valence-electron chi connectivity index (χ2n) is 6.01. The molecule has 0 radical (unpaired) electrons. The fourth-order valence-electron chi connectivity index (χ4n) is 3.19. The second-order valence-corrected chi connectivity index (χ2v) is 6.01. The van der Waals surface area contributed by atoms with E-state index in [0.29, 0.717) is 29.8 Å². The van der Waals surface area contributed by atoms with Gasteiger partial charge in [0.1, 0.15) is 0 Å². The highest BCUT2D eigenvalue weighted by molar-refractivity contribution is 5.31. The maximum Gasteiger partial charge on any atom is 0.169 e. The largest absolute Gasteiger partial charge is 0.494 e. The summed E-state index contributed by atoms with van der Waals surface area (Å²) in [6, 6.07) is 5.73. The number of aromatic nitrogens is 2. The molecule has 4 nitrogen and oxygen atoms in total. The monoisotopic (exact) mass is 303 g/mol. The molecule has 2 atom stereocenters. The Morgan fingerprint density at radius 3 is 3.00 bits per heavy atom. The summed E-state index contributed by atoms with van der Waals surface area (Å²) in [5, 5.41) is 0. The van der Waals surface area contributed by atoms with Crippen molar-refractivity contribution < 1.29 is 9.13 Å². The average Bonchev–Trinajstić information content (AvgIpc) is 3.05. The van der Waals surface area contributed by atoms with Crippen molar-refractivity contribution in [2.75, 3.05) is 20.2 Å². The van der Waals surface area contributed by atoms with E-state index in [1.165, 1.54) is 7.11 Å². The summed E-state index contributed by atoms with van der Waals surface area (Å²) >= 11 is 0. The molecule has 2 unspecified atom stereocenters. The van der Waals surface area contributed by atoms with E-state index in [1.807, 2.05) is 30.9 Å². The number of ether oxygens (including phenoxy) is 1. The Bertz CT molecular complexity index is 614. The molecule has 1 aliphatic heterocycles. The summed E-state index contributed by atoms with van der Waals surface area (Å²) in [7, 11) is 1.50. The maximum atomic E-state index is 14.3. The predicted molar refractivity (Wildman–Crippen MR) is 83.3 cm³/mol. The Hall–Kier alpha value is -1.88. The Balaban J connectivity index is 1.73. The van der Waals surface area contributed by atoms with Crippen LogP contribution < -0.4 is 4.74 Å². The van der Waals surface area contributed by atoms with Gasteiger partial charge in [0.2, 0.25) is 0 Å². The molecule has 1 aromatic carbocycles. The van der Waals surface area contributed by atoms with Crippen LogP contribution in [0.25, 0.3) is 0 Å². The third-order valence-corrected chi connectivity index (χ3v) is 4.57. The second kappa shape index (κ2) is 6.48. The van der Waals surface area contributed by atoms with Crippen molar-refractivity contribution >= 4 is 0 Å². The third-order valence-electron chi connectivity index (χ3n) is 4.57. The number of halogens is 1. The van der Waals surface area contributed by atoms with Crippen LogP contribution in [0.4, 0.5) is 4.39 Å². The van der Waals surface area contributed by atoms with Crippen molar-refractivity contribution in [1.29, 1.82) is 0 Å². The van der Waals surface area contributed by atoms with Gasteiger partial charge in [0.05, 0.1) is 13.4 Å². The molecule has 22 heavy (non-hydrogen) atoms. The molecule has 0 spiro atoms. The van der Waals surface area contributed by atoms with Crippen LogP contribution >= 0.6 is 0 Å². The average molecular weight is 303 g/mol. The third kappa shape index (κ3) is 2.99. The lowest BCUT2D eigenvalue weighted by Crippen LogP contribution is -2.40. The molecule has 0 saturated carbocycles. The summed E-state index contributed by atoms with van der Waals surface area (Å²) in [5.41, 5.74) is 0.693. The van der Waals surface area contributed by atoms with Gasteiger partial charge in [-0.1, -0.05) is 19.1 Å². The summed E-state index contributed by atoms with van der Waals surface area (Å²) in [5.74, 6) is 0.664. The summed E-state index contributed by atoms with van der Waals surface area (Å²) in [6.07, 6.45) is 6.80. The molecular formula is C17H22FN3O. The number of piperidine rings is 1. The SMILES string of the molecule is COc1cccc(CN2CCC(C)C(n3ccnc3)C2)c1F. The van der Waals surface area contributed by atoms with Crippen molar-refractivity contribution in [3.05, 3.63) is 48.3 Å². The topological polar surface area (TPSA) is 30.3 Å². The normalized spacial score (nSPS) is 22.7. The van der Waals surface area contributed by atoms with E-state index in [9.17, 15) is 4.39 Å². The lowest BCUT2D eigenvalue weighted by atomic mass is 9.93. The standard InChI is InChI=1S/C17H22FN3O/c1-13-6-8-20(11-15(13)21-9-7-19-12-21)10-14-4-3-5-16(22-2)17(14)18/h3-5,7,9,12-13,15H,6,8,10-11H2,1-2H3. The van der Waals surface area contributed by atoms with Crippen LogP contribution in [-0.4, -0.2) is 34.7 Å². The lowest BCUT2D eigenvalue weighted by Gasteiger charge is -2.37. The minimum atomic E-state index is -0.247. The van der Waals surface area contributed by atoms with Gasteiger partial charge in [-0.2, -0.15) is 0 Å². The van der Waals surface area contributed by atoms with E-state index in [1.54, 1.807) is 6.07 Å². The fraction of sp³-hybridized carbons (Fsp3) is 0.471. The van der Waals surface area contributed by atoms with Crippen LogP contribution in [0, 0.1) is 11.7 Å². The van der Waals surface area contributed by atoms with Crippen LogP contribution in [0.5, 0.6) is 5.75 Å². The molecule has 1 aliphatic rings. The molecule has 3 rings (SSSR count). The van der Waals surface area contributed by atoms with Gasteiger partial charge in [0, 0.05) is 37.1 Å². The zero-order chi connectivity index (χ0) is 15.5. The molecule has 5 heteroatoms. The molecule has 0 aliphatic carbocycles. The van der Waals surface area contributed by atoms with Crippen LogP contribution in [-0.2, 0) is 6.54 Å². The number of rotatable bonds is 4. The van der Waals surface area contributed by atoms with Gasteiger partial charge in [0.25, 0.3) is 0 Å². The van der Waals surface area contributed by atoms with Gasteiger partial charge in [-0.15, -0.1) is 0 Å². The van der Waals surface area contributed by atoms with Gasteiger partial charge in [-0.3, -0.25) is 4.90 Å². The van der Waals surface area contributed by atoms with Gasteiger partial charge in [-0.25, -0.2) is 9.37 Å². The molecule has 118 valence electrons. The molecule has 0 bridgehead atoms. The summed E-state index contributed by atoms with van der Waals surface area (Å²) < 4.78 is 21.5. The number of benzene rings is 1. The Kier molecular flexibility index (Phi) is 4.43. The fourth-order valence-corrected chi connectivity index (χ4v) is 3.19. The maximum absolute atomic E-state index is 14.3. The van der Waals surface area contributed by atoms with Gasteiger partial charge in [0.15, 0.2) is 11.6 Å². The molecular weight excluding hydrogens is 281 g/mol. The number of imidazole rings is 1. The van der Waals surface area contributed by atoms with Gasteiger partial charge >= 0.3 is 0 Å². The first-order valence-corrected chi connectivity index (χ1v) is 7.70. The van der Waals surface area contributed by atoms with Crippen molar-refractivity contribution in [2.24, 2.45) is 5.92 Å². The molecule has 1 saturated heterocycles. The van der Waals surface area contributed by atoms with Crippen LogP contribution in [0.15, 0.2) is 36.9 Å². The minimum Gasteiger partial charge on any atom is -0.494 e. The summed E-state index contributed by atoms with van der Waals surface area (Å²) in [6.45, 7) is 4.78. The highest BCUT2D eigenvalue weighted by Gasteiger charge is 2.27. The molecule has 1 aromatic heterocycles. The van der Waals surface area contributed by atoms with Crippen LogP contribution in [0.2, 0.25) is 0 Å². The van der Waals surface area contributed by atoms with Crippen LogP contribution in [0.3, 0.4) is 0 Å².